The number of nitrogens with zero attached hydrogens (tertiary/aromatic N) is 1. The maximum absolute atomic E-state index is 13.9. The fourth-order valence-corrected chi connectivity index (χ4v) is 3.16. The van der Waals surface area contributed by atoms with Crippen molar-refractivity contribution in [2.24, 2.45) is 0 Å². The first-order valence-electron chi connectivity index (χ1n) is 8.78. The Morgan fingerprint density at radius 3 is 2.57 bits per heavy atom. The molecule has 0 saturated carbocycles. The highest BCUT2D eigenvalue weighted by Gasteiger charge is 2.48. The molecule has 1 aliphatic rings. The second-order valence-electron chi connectivity index (χ2n) is 6.71. The Kier molecular flexibility index (Phi) is 5.69. The van der Waals surface area contributed by atoms with Gasteiger partial charge in [0, 0.05) is 25.2 Å². The lowest BCUT2D eigenvalue weighted by molar-refractivity contribution is -0.166. The zero-order valence-corrected chi connectivity index (χ0v) is 14.9. The van der Waals surface area contributed by atoms with Gasteiger partial charge in [0.25, 0.3) is 11.8 Å². The van der Waals surface area contributed by atoms with E-state index in [1.165, 1.54) is 36.4 Å². The molecule has 0 aliphatic carbocycles. The number of amides is 2. The van der Waals surface area contributed by atoms with Crippen LogP contribution in [0.1, 0.15) is 24.0 Å². The molecule has 1 heterocycles. The monoisotopic (exact) mass is 392 g/mol. The third-order valence-electron chi connectivity index (χ3n) is 4.74. The average molecular weight is 392 g/mol. The standard InChI is InChI=1S/C20H19F3N2O3/c21-15-7-5-13(6-8-15)11-24-18(26)20(28)9-2-10-25(19(20)27)12-14-3-1-4-16(22)17(14)23/h1,3-8,28H,2,9-12H2,(H,24,26). The molecule has 1 unspecified atom stereocenters. The molecule has 0 aromatic heterocycles. The summed E-state index contributed by atoms with van der Waals surface area (Å²) in [4.78, 5) is 26.3. The molecule has 0 bridgehead atoms. The third kappa shape index (κ3) is 4.01. The fraction of sp³-hybridized carbons (Fsp3) is 0.300. The van der Waals surface area contributed by atoms with Crippen LogP contribution in [0, 0.1) is 17.5 Å². The van der Waals surface area contributed by atoms with E-state index >= 15 is 0 Å². The van der Waals surface area contributed by atoms with E-state index in [1.807, 2.05) is 0 Å². The Morgan fingerprint density at radius 1 is 1.14 bits per heavy atom. The number of rotatable bonds is 5. The number of hydrogen-bond acceptors (Lipinski definition) is 3. The number of nitrogens with one attached hydrogen (secondary N) is 1. The van der Waals surface area contributed by atoms with E-state index in [9.17, 15) is 27.9 Å². The maximum Gasteiger partial charge on any atom is 0.264 e. The smallest absolute Gasteiger partial charge is 0.264 e. The second kappa shape index (κ2) is 8.02. The highest BCUT2D eigenvalue weighted by Crippen LogP contribution is 2.25. The summed E-state index contributed by atoms with van der Waals surface area (Å²) >= 11 is 0. The molecule has 1 aliphatic heterocycles. The van der Waals surface area contributed by atoms with E-state index in [0.29, 0.717) is 12.0 Å². The number of piperidine rings is 1. The number of carbonyl (C=O) groups excluding carboxylic acids is 2. The molecule has 0 radical (unpaired) electrons. The van der Waals surface area contributed by atoms with Gasteiger partial charge in [0.2, 0.25) is 5.60 Å². The molecule has 2 amide bonds. The Hall–Kier alpha value is -2.87. The Bertz CT molecular complexity index is 889. The van der Waals surface area contributed by atoms with Crippen molar-refractivity contribution in [3.8, 4) is 0 Å². The van der Waals surface area contributed by atoms with Crippen LogP contribution in [-0.4, -0.2) is 34.0 Å². The SMILES string of the molecule is O=C(NCc1ccc(F)cc1)C1(O)CCCN(Cc2cccc(F)c2F)C1=O. The lowest BCUT2D eigenvalue weighted by Gasteiger charge is -2.37. The van der Waals surface area contributed by atoms with Crippen molar-refractivity contribution >= 4 is 11.8 Å². The van der Waals surface area contributed by atoms with Crippen molar-refractivity contribution in [3.05, 3.63) is 71.0 Å². The summed E-state index contributed by atoms with van der Waals surface area (Å²) in [7, 11) is 0. The summed E-state index contributed by atoms with van der Waals surface area (Å²) in [6.45, 7) is -0.0362. The zero-order chi connectivity index (χ0) is 20.3. The number of hydrogen-bond donors (Lipinski definition) is 2. The molecular weight excluding hydrogens is 373 g/mol. The van der Waals surface area contributed by atoms with Crippen LogP contribution in [-0.2, 0) is 22.7 Å². The van der Waals surface area contributed by atoms with Crippen molar-refractivity contribution < 1.29 is 27.9 Å². The summed E-state index contributed by atoms with van der Waals surface area (Å²) in [5.41, 5.74) is -1.73. The Morgan fingerprint density at radius 2 is 1.86 bits per heavy atom. The molecule has 3 rings (SSSR count). The van der Waals surface area contributed by atoms with E-state index in [1.54, 1.807) is 0 Å². The van der Waals surface area contributed by atoms with Gasteiger partial charge in [-0.15, -0.1) is 0 Å². The average Bonchev–Trinajstić information content (AvgIpc) is 2.68. The van der Waals surface area contributed by atoms with Gasteiger partial charge in [-0.1, -0.05) is 24.3 Å². The van der Waals surface area contributed by atoms with E-state index in [2.05, 4.69) is 5.32 Å². The fourth-order valence-electron chi connectivity index (χ4n) is 3.16. The predicted molar refractivity (Wildman–Crippen MR) is 94.2 cm³/mol. The molecule has 5 nitrogen and oxygen atoms in total. The first-order chi connectivity index (χ1) is 13.3. The molecule has 148 valence electrons. The molecule has 2 aromatic carbocycles. The quantitative estimate of drug-likeness (QED) is 0.767. The topological polar surface area (TPSA) is 69.6 Å². The maximum atomic E-state index is 13.9. The normalized spacial score (nSPS) is 19.6. The van der Waals surface area contributed by atoms with Crippen LogP contribution < -0.4 is 5.32 Å². The first-order valence-corrected chi connectivity index (χ1v) is 8.78. The van der Waals surface area contributed by atoms with Crippen LogP contribution >= 0.6 is 0 Å². The van der Waals surface area contributed by atoms with Crippen LogP contribution in [0.25, 0.3) is 0 Å². The van der Waals surface area contributed by atoms with Crippen molar-refractivity contribution in [1.29, 1.82) is 0 Å². The van der Waals surface area contributed by atoms with Gasteiger partial charge in [-0.3, -0.25) is 9.59 Å². The summed E-state index contributed by atoms with van der Waals surface area (Å²) in [6.07, 6.45) is 0.242. The molecule has 1 atom stereocenters. The zero-order valence-electron chi connectivity index (χ0n) is 14.9. The summed E-state index contributed by atoms with van der Waals surface area (Å²) in [5.74, 6) is -4.26. The molecule has 0 spiro atoms. The van der Waals surface area contributed by atoms with Gasteiger partial charge in [0.1, 0.15) is 5.82 Å². The van der Waals surface area contributed by atoms with E-state index in [4.69, 9.17) is 0 Å². The van der Waals surface area contributed by atoms with E-state index in [-0.39, 0.29) is 31.6 Å². The molecule has 2 aromatic rings. The molecular formula is C20H19F3N2O3. The van der Waals surface area contributed by atoms with Gasteiger partial charge in [-0.05, 0) is 36.6 Å². The Labute approximate surface area is 159 Å². The third-order valence-corrected chi connectivity index (χ3v) is 4.74. The van der Waals surface area contributed by atoms with E-state index in [0.717, 1.165) is 11.0 Å². The van der Waals surface area contributed by atoms with Gasteiger partial charge in [0.05, 0.1) is 0 Å². The molecule has 8 heteroatoms. The van der Waals surface area contributed by atoms with Crippen molar-refractivity contribution in [3.63, 3.8) is 0 Å². The minimum atomic E-state index is -2.29. The van der Waals surface area contributed by atoms with Crippen molar-refractivity contribution in [2.75, 3.05) is 6.54 Å². The lowest BCUT2D eigenvalue weighted by Crippen LogP contribution is -2.60. The van der Waals surface area contributed by atoms with Gasteiger partial charge in [-0.2, -0.15) is 0 Å². The number of benzene rings is 2. The van der Waals surface area contributed by atoms with Crippen molar-refractivity contribution in [2.45, 2.75) is 31.5 Å². The van der Waals surface area contributed by atoms with Gasteiger partial charge < -0.3 is 15.3 Å². The summed E-state index contributed by atoms with van der Waals surface area (Å²) in [6, 6.07) is 9.05. The lowest BCUT2D eigenvalue weighted by atomic mass is 9.90. The molecule has 2 N–H and O–H groups in total. The number of carbonyl (C=O) groups is 2. The summed E-state index contributed by atoms with van der Waals surface area (Å²) < 4.78 is 40.2. The molecule has 28 heavy (non-hydrogen) atoms. The molecule has 1 fully saturated rings. The number of likely N-dealkylation sites (tertiary alicyclic amines) is 1. The molecule has 1 saturated heterocycles. The second-order valence-corrected chi connectivity index (χ2v) is 6.71. The Balaban J connectivity index is 1.69. The van der Waals surface area contributed by atoms with Gasteiger partial charge in [0.15, 0.2) is 11.6 Å². The minimum Gasteiger partial charge on any atom is -0.372 e. The highest BCUT2D eigenvalue weighted by molar-refractivity contribution is 6.08. The first kappa shape index (κ1) is 19.9. The number of halogens is 3. The largest absolute Gasteiger partial charge is 0.372 e. The highest BCUT2D eigenvalue weighted by atomic mass is 19.2. The van der Waals surface area contributed by atoms with Crippen LogP contribution in [0.5, 0.6) is 0 Å². The van der Waals surface area contributed by atoms with Crippen LogP contribution in [0.2, 0.25) is 0 Å². The predicted octanol–water partition coefficient (Wildman–Crippen LogP) is 2.27. The summed E-state index contributed by atoms with van der Waals surface area (Å²) in [5, 5.41) is 13.1. The van der Waals surface area contributed by atoms with Crippen molar-refractivity contribution in [1.82, 2.24) is 10.2 Å². The van der Waals surface area contributed by atoms with Gasteiger partial charge >= 0.3 is 0 Å². The van der Waals surface area contributed by atoms with Crippen LogP contribution in [0.15, 0.2) is 42.5 Å². The van der Waals surface area contributed by atoms with E-state index < -0.39 is 34.9 Å². The minimum absolute atomic E-state index is 0.00717. The van der Waals surface area contributed by atoms with Crippen LogP contribution in [0.4, 0.5) is 13.2 Å². The number of aliphatic hydroxyl groups is 1. The van der Waals surface area contributed by atoms with Crippen LogP contribution in [0.3, 0.4) is 0 Å². The van der Waals surface area contributed by atoms with Gasteiger partial charge in [-0.25, -0.2) is 13.2 Å².